The molecular weight excluding hydrogens is 198 g/mol. The minimum Gasteiger partial charge on any atom is -0.227 e. The van der Waals surface area contributed by atoms with Crippen LogP contribution in [0.2, 0.25) is 0 Å². The third-order valence-corrected chi connectivity index (χ3v) is 5.61. The van der Waals surface area contributed by atoms with Gasteiger partial charge in [-0.25, -0.2) is 8.42 Å². The van der Waals surface area contributed by atoms with Gasteiger partial charge in [-0.1, -0.05) is 26.7 Å². The van der Waals surface area contributed by atoms with Crippen molar-refractivity contribution in [1.29, 1.82) is 5.26 Å². The summed E-state index contributed by atoms with van der Waals surface area (Å²) in [5.74, 6) is -0.106. The van der Waals surface area contributed by atoms with Gasteiger partial charge in [-0.15, -0.1) is 0 Å². The van der Waals surface area contributed by atoms with Crippen molar-refractivity contribution in [3.8, 4) is 6.07 Å². The summed E-state index contributed by atoms with van der Waals surface area (Å²) in [7, 11) is -3.21. The fourth-order valence-electron chi connectivity index (χ4n) is 2.03. The highest BCUT2D eigenvalue weighted by Gasteiger charge is 2.37. The minimum absolute atomic E-state index is 0.106. The molecule has 4 heteroatoms. The average molecular weight is 215 g/mol. The van der Waals surface area contributed by atoms with Gasteiger partial charge in [-0.2, -0.15) is 5.26 Å². The SMILES string of the molecule is CC(C)C(C#N)S(=O)(=O)C1CCCC1. The molecule has 0 bridgehead atoms. The monoisotopic (exact) mass is 215 g/mol. The largest absolute Gasteiger partial charge is 0.227 e. The smallest absolute Gasteiger partial charge is 0.169 e. The molecule has 1 rings (SSSR count). The molecule has 0 aromatic rings. The fraction of sp³-hybridized carbons (Fsp3) is 0.900. The highest BCUT2D eigenvalue weighted by atomic mass is 32.2. The van der Waals surface area contributed by atoms with Crippen LogP contribution in [0.5, 0.6) is 0 Å². The number of rotatable bonds is 3. The lowest BCUT2D eigenvalue weighted by atomic mass is 10.1. The first-order chi connectivity index (χ1) is 6.50. The average Bonchev–Trinajstić information content (AvgIpc) is 2.55. The lowest BCUT2D eigenvalue weighted by Gasteiger charge is -2.18. The van der Waals surface area contributed by atoms with E-state index in [1.165, 1.54) is 0 Å². The molecule has 0 aromatic heterocycles. The molecule has 1 unspecified atom stereocenters. The van der Waals surface area contributed by atoms with Crippen molar-refractivity contribution in [2.45, 2.75) is 50.0 Å². The second kappa shape index (κ2) is 4.31. The highest BCUT2D eigenvalue weighted by molar-refractivity contribution is 7.92. The van der Waals surface area contributed by atoms with E-state index < -0.39 is 15.1 Å². The molecule has 0 radical (unpaired) electrons. The van der Waals surface area contributed by atoms with Crippen LogP contribution in [0.4, 0.5) is 0 Å². The first-order valence-electron chi connectivity index (χ1n) is 5.12. The van der Waals surface area contributed by atoms with Crippen LogP contribution in [-0.2, 0) is 9.84 Å². The quantitative estimate of drug-likeness (QED) is 0.722. The van der Waals surface area contributed by atoms with Gasteiger partial charge >= 0.3 is 0 Å². The van der Waals surface area contributed by atoms with E-state index in [2.05, 4.69) is 0 Å². The second-order valence-electron chi connectivity index (χ2n) is 4.29. The van der Waals surface area contributed by atoms with E-state index in [4.69, 9.17) is 5.26 Å². The molecule has 0 amide bonds. The molecule has 14 heavy (non-hydrogen) atoms. The molecule has 0 heterocycles. The Kier molecular flexibility index (Phi) is 3.54. The predicted molar refractivity (Wildman–Crippen MR) is 55.4 cm³/mol. The molecule has 1 aliphatic rings. The molecule has 0 spiro atoms. The standard InChI is InChI=1S/C10H17NO2S/c1-8(2)10(7-11)14(12,13)9-5-3-4-6-9/h8-10H,3-6H2,1-2H3. The van der Waals surface area contributed by atoms with E-state index in [9.17, 15) is 8.42 Å². The van der Waals surface area contributed by atoms with Gasteiger partial charge < -0.3 is 0 Å². The summed E-state index contributed by atoms with van der Waals surface area (Å²) in [6.45, 7) is 3.58. The number of hydrogen-bond acceptors (Lipinski definition) is 3. The van der Waals surface area contributed by atoms with Crippen molar-refractivity contribution in [2.24, 2.45) is 5.92 Å². The lowest BCUT2D eigenvalue weighted by Crippen LogP contribution is -2.33. The summed E-state index contributed by atoms with van der Waals surface area (Å²) in [4.78, 5) is 0. The Hall–Kier alpha value is -0.560. The topological polar surface area (TPSA) is 57.9 Å². The van der Waals surface area contributed by atoms with Gasteiger partial charge in [-0.3, -0.25) is 0 Å². The number of nitrogens with zero attached hydrogens (tertiary/aromatic N) is 1. The molecule has 1 saturated carbocycles. The van der Waals surface area contributed by atoms with Crippen LogP contribution in [0, 0.1) is 17.2 Å². The van der Waals surface area contributed by atoms with E-state index in [1.54, 1.807) is 13.8 Å². The van der Waals surface area contributed by atoms with Gasteiger partial charge in [0.1, 0.15) is 0 Å². The van der Waals surface area contributed by atoms with Crippen LogP contribution in [0.1, 0.15) is 39.5 Å². The summed E-state index contributed by atoms with van der Waals surface area (Å²) in [5, 5.41) is 7.79. The Morgan fingerprint density at radius 1 is 1.29 bits per heavy atom. The minimum atomic E-state index is -3.21. The molecule has 0 aromatic carbocycles. The highest BCUT2D eigenvalue weighted by Crippen LogP contribution is 2.29. The Morgan fingerprint density at radius 3 is 2.14 bits per heavy atom. The van der Waals surface area contributed by atoms with E-state index in [0.717, 1.165) is 25.7 Å². The molecule has 0 N–H and O–H groups in total. The zero-order valence-corrected chi connectivity index (χ0v) is 9.55. The number of sulfone groups is 1. The molecule has 1 atom stereocenters. The first kappa shape index (κ1) is 11.5. The summed E-state index contributed by atoms with van der Waals surface area (Å²) in [6, 6.07) is 1.93. The molecule has 0 saturated heterocycles. The predicted octanol–water partition coefficient (Wildman–Crippen LogP) is 1.89. The van der Waals surface area contributed by atoms with Crippen LogP contribution in [0.25, 0.3) is 0 Å². The Balaban J connectivity index is 2.88. The molecule has 3 nitrogen and oxygen atoms in total. The van der Waals surface area contributed by atoms with Gasteiger partial charge in [0.05, 0.1) is 11.3 Å². The van der Waals surface area contributed by atoms with E-state index in [0.29, 0.717) is 0 Å². The van der Waals surface area contributed by atoms with Gasteiger partial charge in [0.15, 0.2) is 15.1 Å². The van der Waals surface area contributed by atoms with Crippen LogP contribution in [0.3, 0.4) is 0 Å². The van der Waals surface area contributed by atoms with Crippen molar-refractivity contribution in [3.05, 3.63) is 0 Å². The zero-order valence-electron chi connectivity index (χ0n) is 8.73. The molecule has 1 fully saturated rings. The van der Waals surface area contributed by atoms with Crippen molar-refractivity contribution in [2.75, 3.05) is 0 Å². The van der Waals surface area contributed by atoms with Crippen molar-refractivity contribution in [1.82, 2.24) is 0 Å². The Morgan fingerprint density at radius 2 is 1.79 bits per heavy atom. The van der Waals surface area contributed by atoms with E-state index >= 15 is 0 Å². The van der Waals surface area contributed by atoms with Gasteiger partial charge in [-0.05, 0) is 18.8 Å². The van der Waals surface area contributed by atoms with Crippen LogP contribution < -0.4 is 0 Å². The number of nitriles is 1. The zero-order chi connectivity index (χ0) is 10.8. The van der Waals surface area contributed by atoms with Crippen molar-refractivity contribution >= 4 is 9.84 Å². The summed E-state index contributed by atoms with van der Waals surface area (Å²) in [5.41, 5.74) is 0. The van der Waals surface area contributed by atoms with E-state index in [-0.39, 0.29) is 11.2 Å². The summed E-state index contributed by atoms with van der Waals surface area (Å²) < 4.78 is 24.0. The van der Waals surface area contributed by atoms with Crippen LogP contribution in [-0.4, -0.2) is 18.9 Å². The van der Waals surface area contributed by atoms with E-state index in [1.807, 2.05) is 6.07 Å². The Labute approximate surface area is 86.0 Å². The van der Waals surface area contributed by atoms with Crippen molar-refractivity contribution in [3.63, 3.8) is 0 Å². The van der Waals surface area contributed by atoms with Gasteiger partial charge in [0, 0.05) is 0 Å². The van der Waals surface area contributed by atoms with Gasteiger partial charge in [0.2, 0.25) is 0 Å². The second-order valence-corrected chi connectivity index (χ2v) is 6.64. The first-order valence-corrected chi connectivity index (χ1v) is 6.73. The Bertz CT molecular complexity index is 321. The fourth-order valence-corrected chi connectivity index (χ4v) is 4.34. The molecule has 1 aliphatic carbocycles. The van der Waals surface area contributed by atoms with Crippen molar-refractivity contribution < 1.29 is 8.42 Å². The molecule has 80 valence electrons. The van der Waals surface area contributed by atoms with Crippen LogP contribution in [0.15, 0.2) is 0 Å². The van der Waals surface area contributed by atoms with Crippen LogP contribution >= 0.6 is 0 Å². The molecular formula is C10H17NO2S. The third kappa shape index (κ3) is 2.09. The maximum Gasteiger partial charge on any atom is 0.169 e. The maximum atomic E-state index is 12.0. The maximum absolute atomic E-state index is 12.0. The summed E-state index contributed by atoms with van der Waals surface area (Å²) >= 11 is 0. The number of hydrogen-bond donors (Lipinski definition) is 0. The third-order valence-electron chi connectivity index (χ3n) is 2.85. The normalized spacial score (nSPS) is 21.0. The molecule has 0 aliphatic heterocycles. The summed E-state index contributed by atoms with van der Waals surface area (Å²) in [6.07, 6.45) is 3.46. The lowest BCUT2D eigenvalue weighted by molar-refractivity contribution is 0.548. The van der Waals surface area contributed by atoms with Gasteiger partial charge in [0.25, 0.3) is 0 Å².